The average Bonchev–Trinajstić information content (AvgIpc) is 2.27. The molecule has 0 atom stereocenters. The molecule has 0 aliphatic heterocycles. The van der Waals surface area contributed by atoms with Gasteiger partial charge in [-0.2, -0.15) is 0 Å². The summed E-state index contributed by atoms with van der Waals surface area (Å²) in [5.41, 5.74) is 2.27. The highest BCUT2D eigenvalue weighted by Gasteiger charge is 2.06. The molecule has 1 nitrogen and oxygen atoms in total. The highest BCUT2D eigenvalue weighted by molar-refractivity contribution is 5.67. The maximum absolute atomic E-state index is 9.97. The van der Waals surface area contributed by atoms with Crippen molar-refractivity contribution in [2.75, 3.05) is 0 Å². The summed E-state index contributed by atoms with van der Waals surface area (Å²) in [6.07, 6.45) is 3.80. The van der Waals surface area contributed by atoms with Crippen molar-refractivity contribution in [1.82, 2.24) is 0 Å². The van der Waals surface area contributed by atoms with E-state index in [1.807, 2.05) is 18.2 Å². The predicted molar refractivity (Wildman–Crippen MR) is 65.8 cm³/mol. The van der Waals surface area contributed by atoms with Gasteiger partial charge < -0.3 is 5.11 Å². The normalized spacial score (nSPS) is 12.4. The van der Waals surface area contributed by atoms with Crippen LogP contribution in [0.15, 0.2) is 36.1 Å². The van der Waals surface area contributed by atoms with Crippen LogP contribution in [0, 0.1) is 0 Å². The lowest BCUT2D eigenvalue weighted by Crippen LogP contribution is -1.92. The molecule has 0 aromatic heterocycles. The number of rotatable bonds is 5. The minimum absolute atomic E-state index is 0.561. The Balaban J connectivity index is 2.97. The quantitative estimate of drug-likeness (QED) is 0.697. The van der Waals surface area contributed by atoms with Gasteiger partial charge in [-0.1, -0.05) is 50.6 Å². The number of hydrogen-bond donors (Lipinski definition) is 1. The van der Waals surface area contributed by atoms with Gasteiger partial charge in [0.05, 0.1) is 5.76 Å². The van der Waals surface area contributed by atoms with Gasteiger partial charge in [-0.15, -0.1) is 0 Å². The number of allylic oxidation sites excluding steroid dienone is 2. The molecule has 0 saturated carbocycles. The minimum atomic E-state index is 0.561. The van der Waals surface area contributed by atoms with E-state index in [1.54, 1.807) is 0 Å². The second-order valence-corrected chi connectivity index (χ2v) is 3.79. The Morgan fingerprint density at radius 3 is 2.13 bits per heavy atom. The topological polar surface area (TPSA) is 20.2 Å². The summed E-state index contributed by atoms with van der Waals surface area (Å²) < 4.78 is 0. The Kier molecular flexibility index (Phi) is 4.96. The zero-order chi connectivity index (χ0) is 11.1. The lowest BCUT2D eigenvalue weighted by atomic mass is 9.98. The monoisotopic (exact) mass is 204 g/mol. The molecule has 0 heterocycles. The molecule has 1 rings (SSSR count). The van der Waals surface area contributed by atoms with E-state index in [1.165, 1.54) is 0 Å². The highest BCUT2D eigenvalue weighted by atomic mass is 16.3. The van der Waals surface area contributed by atoms with Crippen molar-refractivity contribution >= 4 is 5.57 Å². The summed E-state index contributed by atoms with van der Waals surface area (Å²) in [5.74, 6) is 0.561. The fourth-order valence-corrected chi connectivity index (χ4v) is 1.73. The van der Waals surface area contributed by atoms with Gasteiger partial charge >= 0.3 is 0 Å². The van der Waals surface area contributed by atoms with Crippen molar-refractivity contribution in [2.45, 2.75) is 39.5 Å². The van der Waals surface area contributed by atoms with Gasteiger partial charge in [-0.3, -0.25) is 0 Å². The van der Waals surface area contributed by atoms with E-state index < -0.39 is 0 Å². The first kappa shape index (κ1) is 11.8. The van der Waals surface area contributed by atoms with Crippen molar-refractivity contribution < 1.29 is 5.11 Å². The van der Waals surface area contributed by atoms with E-state index in [-0.39, 0.29) is 0 Å². The van der Waals surface area contributed by atoms with E-state index in [0.29, 0.717) is 5.76 Å². The number of aliphatic hydroxyl groups excluding tert-OH is 1. The molecule has 82 valence electrons. The van der Waals surface area contributed by atoms with Crippen LogP contribution in [0.5, 0.6) is 0 Å². The van der Waals surface area contributed by atoms with E-state index in [4.69, 9.17) is 0 Å². The van der Waals surface area contributed by atoms with Crippen LogP contribution in [0.2, 0.25) is 0 Å². The largest absolute Gasteiger partial charge is 0.512 e. The van der Waals surface area contributed by atoms with Gasteiger partial charge in [-0.25, -0.2) is 0 Å². The fourth-order valence-electron chi connectivity index (χ4n) is 1.73. The molecule has 1 N–H and O–H groups in total. The van der Waals surface area contributed by atoms with Gasteiger partial charge in [0.15, 0.2) is 0 Å². The molecule has 1 heteroatoms. The van der Waals surface area contributed by atoms with Gasteiger partial charge in [0.2, 0.25) is 0 Å². The van der Waals surface area contributed by atoms with Gasteiger partial charge in [0, 0.05) is 6.42 Å². The average molecular weight is 204 g/mol. The molecule has 1 aromatic rings. The molecular formula is C14H20O. The van der Waals surface area contributed by atoms with Crippen LogP contribution in [-0.4, -0.2) is 5.11 Å². The van der Waals surface area contributed by atoms with Gasteiger partial charge in [0.1, 0.15) is 0 Å². The third-order valence-corrected chi connectivity index (χ3v) is 2.46. The first-order valence-corrected chi connectivity index (χ1v) is 5.76. The van der Waals surface area contributed by atoms with E-state index in [2.05, 4.69) is 26.0 Å². The van der Waals surface area contributed by atoms with Crippen molar-refractivity contribution in [3.05, 3.63) is 41.7 Å². The van der Waals surface area contributed by atoms with Gasteiger partial charge in [0.25, 0.3) is 0 Å². The van der Waals surface area contributed by atoms with E-state index in [0.717, 1.165) is 36.8 Å². The summed E-state index contributed by atoms with van der Waals surface area (Å²) in [6, 6.07) is 10.2. The molecule has 1 aromatic carbocycles. The Hall–Kier alpha value is -1.24. The van der Waals surface area contributed by atoms with Crippen molar-refractivity contribution in [1.29, 1.82) is 0 Å². The van der Waals surface area contributed by atoms with Crippen molar-refractivity contribution in [3.63, 3.8) is 0 Å². The van der Waals surface area contributed by atoms with Crippen LogP contribution in [0.1, 0.15) is 45.1 Å². The maximum Gasteiger partial charge on any atom is 0.0960 e. The van der Waals surface area contributed by atoms with Crippen LogP contribution in [-0.2, 0) is 0 Å². The number of hydrogen-bond acceptors (Lipinski definition) is 1. The molecule has 0 bridgehead atoms. The molecule has 0 aliphatic rings. The standard InChI is InChI=1S/C14H20O/c1-3-8-13(14(15)9-4-2)12-10-6-5-7-11-12/h5-7,10-11,15H,3-4,8-9H2,1-2H3. The molecule has 0 aliphatic carbocycles. The SMILES string of the molecule is CCCC(O)=C(CCC)c1ccccc1. The molecular weight excluding hydrogens is 184 g/mol. The lowest BCUT2D eigenvalue weighted by molar-refractivity contribution is 0.387. The zero-order valence-corrected chi connectivity index (χ0v) is 9.66. The molecule has 0 radical (unpaired) electrons. The third kappa shape index (κ3) is 3.43. The third-order valence-electron chi connectivity index (χ3n) is 2.46. The molecule has 0 saturated heterocycles. The highest BCUT2D eigenvalue weighted by Crippen LogP contribution is 2.24. The van der Waals surface area contributed by atoms with E-state index in [9.17, 15) is 5.11 Å². The molecule has 0 spiro atoms. The van der Waals surface area contributed by atoms with Crippen molar-refractivity contribution in [3.8, 4) is 0 Å². The summed E-state index contributed by atoms with van der Waals surface area (Å²) in [5, 5.41) is 9.97. The molecule has 0 amide bonds. The summed E-state index contributed by atoms with van der Waals surface area (Å²) in [7, 11) is 0. The van der Waals surface area contributed by atoms with Crippen LogP contribution < -0.4 is 0 Å². The van der Waals surface area contributed by atoms with Crippen LogP contribution >= 0.6 is 0 Å². The molecule has 0 fully saturated rings. The first-order chi connectivity index (χ1) is 7.29. The van der Waals surface area contributed by atoms with Crippen LogP contribution in [0.3, 0.4) is 0 Å². The predicted octanol–water partition coefficient (Wildman–Crippen LogP) is 4.56. The summed E-state index contributed by atoms with van der Waals surface area (Å²) in [6.45, 7) is 4.23. The zero-order valence-electron chi connectivity index (χ0n) is 9.66. The second kappa shape index (κ2) is 6.28. The Bertz CT molecular complexity index is 311. The summed E-state index contributed by atoms with van der Waals surface area (Å²) in [4.78, 5) is 0. The molecule has 15 heavy (non-hydrogen) atoms. The van der Waals surface area contributed by atoms with Crippen LogP contribution in [0.4, 0.5) is 0 Å². The van der Waals surface area contributed by atoms with Crippen LogP contribution in [0.25, 0.3) is 5.57 Å². The smallest absolute Gasteiger partial charge is 0.0960 e. The lowest BCUT2D eigenvalue weighted by Gasteiger charge is -2.09. The minimum Gasteiger partial charge on any atom is -0.512 e. The van der Waals surface area contributed by atoms with Crippen molar-refractivity contribution in [2.24, 2.45) is 0 Å². The Morgan fingerprint density at radius 2 is 1.60 bits per heavy atom. The number of aliphatic hydroxyl groups is 1. The first-order valence-electron chi connectivity index (χ1n) is 5.76. The Morgan fingerprint density at radius 1 is 1.00 bits per heavy atom. The second-order valence-electron chi connectivity index (χ2n) is 3.79. The number of benzene rings is 1. The van der Waals surface area contributed by atoms with E-state index >= 15 is 0 Å². The maximum atomic E-state index is 9.97. The fraction of sp³-hybridized carbons (Fsp3) is 0.429. The van der Waals surface area contributed by atoms with Gasteiger partial charge in [-0.05, 0) is 24.0 Å². The molecule has 0 unspecified atom stereocenters. The summed E-state index contributed by atoms with van der Waals surface area (Å²) >= 11 is 0. The Labute approximate surface area is 92.5 Å².